The van der Waals surface area contributed by atoms with E-state index in [0.717, 1.165) is 5.56 Å². The summed E-state index contributed by atoms with van der Waals surface area (Å²) in [4.78, 5) is 26.1. The highest BCUT2D eigenvalue weighted by molar-refractivity contribution is 6.09. The van der Waals surface area contributed by atoms with Gasteiger partial charge in [-0.1, -0.05) is 30.3 Å². The Morgan fingerprint density at radius 1 is 1.00 bits per heavy atom. The van der Waals surface area contributed by atoms with Gasteiger partial charge in [0.25, 0.3) is 5.91 Å². The molecule has 0 atom stereocenters. The normalized spacial score (nSPS) is 10.5. The highest BCUT2D eigenvalue weighted by Crippen LogP contribution is 2.31. The summed E-state index contributed by atoms with van der Waals surface area (Å²) in [5, 5.41) is 2.90. The molecule has 7 heteroatoms. The van der Waals surface area contributed by atoms with Gasteiger partial charge < -0.3 is 24.1 Å². The molecule has 0 spiro atoms. The van der Waals surface area contributed by atoms with E-state index in [1.165, 1.54) is 7.11 Å². The second-order valence-corrected chi connectivity index (χ2v) is 7.25. The lowest BCUT2D eigenvalue weighted by Crippen LogP contribution is -2.15. The van der Waals surface area contributed by atoms with Crippen LogP contribution >= 0.6 is 0 Å². The number of hydrogen-bond acceptors (Lipinski definition) is 5. The van der Waals surface area contributed by atoms with Crippen molar-refractivity contribution in [1.29, 1.82) is 0 Å². The third-order valence-corrected chi connectivity index (χ3v) is 5.30. The molecule has 0 fully saturated rings. The number of nitrogens with one attached hydrogen (secondary N) is 1. The predicted molar refractivity (Wildman–Crippen MR) is 123 cm³/mol. The van der Waals surface area contributed by atoms with E-state index in [-0.39, 0.29) is 12.5 Å². The van der Waals surface area contributed by atoms with E-state index < -0.39 is 5.97 Å². The van der Waals surface area contributed by atoms with Gasteiger partial charge in [0.05, 0.1) is 32.1 Å². The molecule has 32 heavy (non-hydrogen) atoms. The highest BCUT2D eigenvalue weighted by Gasteiger charge is 2.27. The van der Waals surface area contributed by atoms with Crippen molar-refractivity contribution in [3.8, 4) is 11.5 Å². The number of esters is 1. The topological polar surface area (TPSA) is 78.8 Å². The van der Waals surface area contributed by atoms with E-state index in [1.54, 1.807) is 39.2 Å². The van der Waals surface area contributed by atoms with Crippen molar-refractivity contribution in [2.45, 2.75) is 27.3 Å². The molecule has 0 aliphatic rings. The van der Waals surface area contributed by atoms with E-state index in [1.807, 2.05) is 41.8 Å². The van der Waals surface area contributed by atoms with Crippen LogP contribution in [0.3, 0.4) is 0 Å². The van der Waals surface area contributed by atoms with Crippen LogP contribution in [0.15, 0.2) is 48.5 Å². The first kappa shape index (κ1) is 22.9. The molecule has 3 rings (SSSR count). The quantitative estimate of drug-likeness (QED) is 0.522. The predicted octanol–water partition coefficient (Wildman–Crippen LogP) is 4.60. The van der Waals surface area contributed by atoms with Crippen LogP contribution in [0.2, 0.25) is 0 Å². The molecular formula is C25H28N2O5. The fourth-order valence-corrected chi connectivity index (χ4v) is 3.74. The lowest BCUT2D eigenvalue weighted by molar-refractivity contribution is 0.0513. The summed E-state index contributed by atoms with van der Waals surface area (Å²) < 4.78 is 17.7. The number of anilines is 1. The van der Waals surface area contributed by atoms with E-state index in [9.17, 15) is 9.59 Å². The highest BCUT2D eigenvalue weighted by atomic mass is 16.5. The second-order valence-electron chi connectivity index (χ2n) is 7.25. The average Bonchev–Trinajstić information content (AvgIpc) is 3.04. The zero-order valence-corrected chi connectivity index (χ0v) is 19.0. The molecule has 1 N–H and O–H groups in total. The van der Waals surface area contributed by atoms with Crippen LogP contribution < -0.4 is 14.8 Å². The molecule has 0 saturated heterocycles. The first-order valence-electron chi connectivity index (χ1n) is 10.3. The molecule has 1 amide bonds. The molecule has 0 saturated carbocycles. The van der Waals surface area contributed by atoms with Crippen LogP contribution in [0.4, 0.5) is 5.69 Å². The third kappa shape index (κ3) is 4.61. The Morgan fingerprint density at radius 2 is 1.72 bits per heavy atom. The van der Waals surface area contributed by atoms with Gasteiger partial charge in [-0.05, 0) is 44.0 Å². The Morgan fingerprint density at radius 3 is 2.34 bits per heavy atom. The summed E-state index contributed by atoms with van der Waals surface area (Å²) in [6.45, 7) is 6.05. The van der Waals surface area contributed by atoms with Crippen molar-refractivity contribution >= 4 is 17.6 Å². The summed E-state index contributed by atoms with van der Waals surface area (Å²) >= 11 is 0. The Balaban J connectivity index is 2.03. The van der Waals surface area contributed by atoms with Gasteiger partial charge in [-0.2, -0.15) is 0 Å². The minimum Gasteiger partial charge on any atom is -0.497 e. The summed E-state index contributed by atoms with van der Waals surface area (Å²) in [6, 6.07) is 14.9. The smallest absolute Gasteiger partial charge is 0.355 e. The number of ether oxygens (including phenoxy) is 3. The first-order valence-corrected chi connectivity index (χ1v) is 10.3. The lowest BCUT2D eigenvalue weighted by Gasteiger charge is -2.13. The van der Waals surface area contributed by atoms with Gasteiger partial charge in [0, 0.05) is 18.3 Å². The first-order chi connectivity index (χ1) is 15.4. The number of methoxy groups -OCH3 is 2. The van der Waals surface area contributed by atoms with Gasteiger partial charge in [-0.25, -0.2) is 4.79 Å². The SMILES string of the molecule is CCOC(=O)c1c(C)c(C(=O)Nc2ccc(OC)cc2OC)c(C)n1Cc1ccccc1. The van der Waals surface area contributed by atoms with Gasteiger partial charge in [0.15, 0.2) is 0 Å². The number of carbonyl (C=O) groups excluding carboxylic acids is 2. The van der Waals surface area contributed by atoms with Crippen molar-refractivity contribution in [2.24, 2.45) is 0 Å². The van der Waals surface area contributed by atoms with Crippen molar-refractivity contribution in [3.63, 3.8) is 0 Å². The standard InChI is InChI=1S/C25H28N2O5/c1-6-32-25(29)23-16(2)22(17(3)27(23)15-18-10-8-7-9-11-18)24(28)26-20-13-12-19(30-4)14-21(20)31-5/h7-14H,6,15H2,1-5H3,(H,26,28). The van der Waals surface area contributed by atoms with Gasteiger partial charge >= 0.3 is 5.97 Å². The van der Waals surface area contributed by atoms with E-state index in [0.29, 0.717) is 46.2 Å². The molecule has 2 aromatic carbocycles. The Bertz CT molecular complexity index is 1120. The molecule has 1 heterocycles. The largest absolute Gasteiger partial charge is 0.497 e. The summed E-state index contributed by atoms with van der Waals surface area (Å²) in [5.74, 6) is 0.305. The van der Waals surface area contributed by atoms with Crippen molar-refractivity contribution in [3.05, 3.63) is 76.6 Å². The number of aromatic nitrogens is 1. The molecule has 3 aromatic rings. The molecule has 1 aromatic heterocycles. The number of hydrogen-bond donors (Lipinski definition) is 1. The minimum absolute atomic E-state index is 0.248. The second kappa shape index (κ2) is 10.0. The molecule has 0 bridgehead atoms. The van der Waals surface area contributed by atoms with Crippen LogP contribution in [-0.2, 0) is 11.3 Å². The van der Waals surface area contributed by atoms with Gasteiger partial charge in [-0.3, -0.25) is 4.79 Å². The zero-order valence-electron chi connectivity index (χ0n) is 19.0. The number of carbonyl (C=O) groups is 2. The maximum Gasteiger partial charge on any atom is 0.355 e. The monoisotopic (exact) mass is 436 g/mol. The molecule has 0 radical (unpaired) electrons. The number of amides is 1. The summed E-state index contributed by atoms with van der Waals surface area (Å²) in [6.07, 6.45) is 0. The van der Waals surface area contributed by atoms with E-state index in [4.69, 9.17) is 14.2 Å². The molecule has 7 nitrogen and oxygen atoms in total. The van der Waals surface area contributed by atoms with Crippen LogP contribution in [0.25, 0.3) is 0 Å². The molecule has 0 aliphatic carbocycles. The maximum atomic E-state index is 13.3. The van der Waals surface area contributed by atoms with E-state index in [2.05, 4.69) is 5.32 Å². The van der Waals surface area contributed by atoms with Crippen LogP contribution in [0.1, 0.15) is 44.6 Å². The van der Waals surface area contributed by atoms with Crippen LogP contribution in [0, 0.1) is 13.8 Å². The van der Waals surface area contributed by atoms with E-state index >= 15 is 0 Å². The lowest BCUT2D eigenvalue weighted by atomic mass is 10.1. The fourth-order valence-electron chi connectivity index (χ4n) is 3.74. The molecule has 168 valence electrons. The van der Waals surface area contributed by atoms with Crippen molar-refractivity contribution in [1.82, 2.24) is 4.57 Å². The van der Waals surface area contributed by atoms with Crippen LogP contribution in [0.5, 0.6) is 11.5 Å². The van der Waals surface area contributed by atoms with Gasteiger partial charge in [0.2, 0.25) is 0 Å². The molecule has 0 aliphatic heterocycles. The van der Waals surface area contributed by atoms with Crippen molar-refractivity contribution in [2.75, 3.05) is 26.1 Å². The maximum absolute atomic E-state index is 13.3. The van der Waals surface area contributed by atoms with Gasteiger partial charge in [0.1, 0.15) is 17.2 Å². The number of benzene rings is 2. The molecular weight excluding hydrogens is 408 g/mol. The van der Waals surface area contributed by atoms with Gasteiger partial charge in [-0.15, -0.1) is 0 Å². The average molecular weight is 437 g/mol. The van der Waals surface area contributed by atoms with Crippen molar-refractivity contribution < 1.29 is 23.8 Å². The summed E-state index contributed by atoms with van der Waals surface area (Å²) in [5.41, 5.74) is 3.58. The Labute approximate surface area is 187 Å². The minimum atomic E-state index is -0.454. The number of rotatable bonds is 8. The fraction of sp³-hybridized carbons (Fsp3) is 0.280. The third-order valence-electron chi connectivity index (χ3n) is 5.30. The Hall–Kier alpha value is -3.74. The Kier molecular flexibility index (Phi) is 7.20. The number of nitrogens with zero attached hydrogens (tertiary/aromatic N) is 1. The summed E-state index contributed by atoms with van der Waals surface area (Å²) in [7, 11) is 3.09. The molecule has 0 unspecified atom stereocenters. The van der Waals surface area contributed by atoms with Crippen LogP contribution in [-0.4, -0.2) is 37.3 Å². The zero-order chi connectivity index (χ0) is 23.3.